The van der Waals surface area contributed by atoms with Crippen molar-refractivity contribution in [2.45, 2.75) is 18.9 Å². The molecule has 0 heterocycles. The Bertz CT molecular complexity index is 247. The third-order valence-corrected chi connectivity index (χ3v) is 1.78. The van der Waals surface area contributed by atoms with Crippen LogP contribution in [0.4, 0.5) is 0 Å². The van der Waals surface area contributed by atoms with Gasteiger partial charge >= 0.3 is 0 Å². The van der Waals surface area contributed by atoms with Gasteiger partial charge in [0.1, 0.15) is 0 Å². The molecule has 0 N–H and O–H groups in total. The first kappa shape index (κ1) is 6.59. The van der Waals surface area contributed by atoms with Gasteiger partial charge in [-0.25, -0.2) is 0 Å². The molecular weight excluding hydrogens is 134 g/mol. The summed E-state index contributed by atoms with van der Waals surface area (Å²) in [7, 11) is 0. The van der Waals surface area contributed by atoms with E-state index in [1.54, 1.807) is 0 Å². The van der Waals surface area contributed by atoms with Crippen LogP contribution in [0.3, 0.4) is 0 Å². The summed E-state index contributed by atoms with van der Waals surface area (Å²) < 4.78 is 0. The van der Waals surface area contributed by atoms with Crippen LogP contribution >= 0.6 is 0 Å². The van der Waals surface area contributed by atoms with E-state index in [2.05, 4.69) is 17.1 Å². The van der Waals surface area contributed by atoms with E-state index in [1.165, 1.54) is 18.4 Å². The Balaban J connectivity index is 2.05. The third-order valence-electron chi connectivity index (χ3n) is 1.78. The standard InChI is InChI=1S/C10H11N/c1-2-4-9(5-3-1)8-11-10-6-7-10/h1-5,8,10H,6-7H2/b11-8+. The lowest BCUT2D eigenvalue weighted by atomic mass is 10.2. The van der Waals surface area contributed by atoms with Crippen molar-refractivity contribution in [1.29, 1.82) is 0 Å². The molecule has 56 valence electrons. The van der Waals surface area contributed by atoms with Crippen molar-refractivity contribution in [3.8, 4) is 0 Å². The molecule has 0 spiro atoms. The Labute approximate surface area is 66.8 Å². The SMILES string of the molecule is C(=N\C1CC1)/c1ccccc1. The molecule has 0 bridgehead atoms. The average molecular weight is 145 g/mol. The number of hydrogen-bond donors (Lipinski definition) is 0. The monoisotopic (exact) mass is 145 g/mol. The molecule has 1 aliphatic carbocycles. The second kappa shape index (κ2) is 2.87. The summed E-state index contributed by atoms with van der Waals surface area (Å²) in [6.07, 6.45) is 4.53. The predicted octanol–water partition coefficient (Wildman–Crippen LogP) is 2.27. The number of nitrogens with zero attached hydrogens (tertiary/aromatic N) is 1. The Morgan fingerprint density at radius 3 is 2.55 bits per heavy atom. The highest BCUT2D eigenvalue weighted by molar-refractivity contribution is 5.79. The molecule has 1 aromatic rings. The lowest BCUT2D eigenvalue weighted by Crippen LogP contribution is -1.81. The minimum absolute atomic E-state index is 0.634. The topological polar surface area (TPSA) is 12.4 Å². The summed E-state index contributed by atoms with van der Waals surface area (Å²) in [6, 6.07) is 10.9. The van der Waals surface area contributed by atoms with Gasteiger partial charge in [-0.3, -0.25) is 4.99 Å². The van der Waals surface area contributed by atoms with Crippen molar-refractivity contribution >= 4 is 6.21 Å². The molecule has 0 saturated heterocycles. The van der Waals surface area contributed by atoms with Gasteiger partial charge in [0, 0.05) is 6.21 Å². The second-order valence-corrected chi connectivity index (χ2v) is 2.92. The van der Waals surface area contributed by atoms with Gasteiger partial charge in [0.05, 0.1) is 6.04 Å². The van der Waals surface area contributed by atoms with Crippen LogP contribution in [0, 0.1) is 0 Å². The van der Waals surface area contributed by atoms with Crippen LogP contribution in [0.2, 0.25) is 0 Å². The molecule has 11 heavy (non-hydrogen) atoms. The van der Waals surface area contributed by atoms with Gasteiger partial charge in [-0.15, -0.1) is 0 Å². The minimum atomic E-state index is 0.634. The summed E-state index contributed by atoms with van der Waals surface area (Å²) in [6.45, 7) is 0. The summed E-state index contributed by atoms with van der Waals surface area (Å²) in [5.41, 5.74) is 1.21. The zero-order valence-corrected chi connectivity index (χ0v) is 6.40. The van der Waals surface area contributed by atoms with Crippen molar-refractivity contribution in [1.82, 2.24) is 0 Å². The van der Waals surface area contributed by atoms with Gasteiger partial charge in [-0.2, -0.15) is 0 Å². The Hall–Kier alpha value is -1.11. The highest BCUT2D eigenvalue weighted by Crippen LogP contribution is 2.22. The number of benzene rings is 1. The van der Waals surface area contributed by atoms with Gasteiger partial charge in [0.2, 0.25) is 0 Å². The second-order valence-electron chi connectivity index (χ2n) is 2.92. The first-order chi connectivity index (χ1) is 5.45. The lowest BCUT2D eigenvalue weighted by Gasteiger charge is -1.88. The maximum absolute atomic E-state index is 4.38. The molecule has 0 unspecified atom stereocenters. The maximum Gasteiger partial charge on any atom is 0.0501 e. The van der Waals surface area contributed by atoms with Crippen molar-refractivity contribution in [3.63, 3.8) is 0 Å². The molecule has 1 fully saturated rings. The molecule has 1 aromatic carbocycles. The van der Waals surface area contributed by atoms with E-state index < -0.39 is 0 Å². The number of rotatable bonds is 2. The molecule has 1 saturated carbocycles. The fourth-order valence-corrected chi connectivity index (χ4v) is 0.954. The van der Waals surface area contributed by atoms with E-state index in [0.29, 0.717) is 6.04 Å². The van der Waals surface area contributed by atoms with Crippen LogP contribution in [0.1, 0.15) is 18.4 Å². The summed E-state index contributed by atoms with van der Waals surface area (Å²) in [5.74, 6) is 0. The van der Waals surface area contributed by atoms with Crippen LogP contribution in [0.5, 0.6) is 0 Å². The number of aliphatic imine (C=N–C) groups is 1. The van der Waals surface area contributed by atoms with E-state index in [0.717, 1.165) is 0 Å². The molecule has 1 nitrogen and oxygen atoms in total. The summed E-state index contributed by atoms with van der Waals surface area (Å²) in [4.78, 5) is 4.38. The Morgan fingerprint density at radius 1 is 1.18 bits per heavy atom. The molecule has 1 aliphatic rings. The summed E-state index contributed by atoms with van der Waals surface area (Å²) in [5, 5.41) is 0. The molecular formula is C10H11N. The van der Waals surface area contributed by atoms with Gasteiger partial charge in [0.15, 0.2) is 0 Å². The van der Waals surface area contributed by atoms with Crippen LogP contribution in [-0.4, -0.2) is 12.3 Å². The fraction of sp³-hybridized carbons (Fsp3) is 0.300. The largest absolute Gasteiger partial charge is 0.289 e. The fourth-order valence-electron chi connectivity index (χ4n) is 0.954. The van der Waals surface area contributed by atoms with Gasteiger partial charge in [-0.05, 0) is 18.4 Å². The van der Waals surface area contributed by atoms with E-state index >= 15 is 0 Å². The lowest BCUT2D eigenvalue weighted by molar-refractivity contribution is 1.08. The minimum Gasteiger partial charge on any atom is -0.289 e. The third kappa shape index (κ3) is 1.90. The first-order valence-corrected chi connectivity index (χ1v) is 4.03. The molecule has 0 amide bonds. The molecule has 1 heteroatoms. The molecule has 0 aliphatic heterocycles. The van der Waals surface area contributed by atoms with E-state index in [1.807, 2.05) is 24.4 Å². The number of hydrogen-bond acceptors (Lipinski definition) is 1. The quantitative estimate of drug-likeness (QED) is 0.566. The highest BCUT2D eigenvalue weighted by atomic mass is 14.8. The smallest absolute Gasteiger partial charge is 0.0501 e. The Morgan fingerprint density at radius 2 is 1.91 bits per heavy atom. The van der Waals surface area contributed by atoms with Gasteiger partial charge < -0.3 is 0 Å². The predicted molar refractivity (Wildman–Crippen MR) is 47.1 cm³/mol. The van der Waals surface area contributed by atoms with E-state index in [-0.39, 0.29) is 0 Å². The average Bonchev–Trinajstić information content (AvgIpc) is 2.86. The Kier molecular flexibility index (Phi) is 1.72. The van der Waals surface area contributed by atoms with Crippen molar-refractivity contribution in [2.24, 2.45) is 4.99 Å². The van der Waals surface area contributed by atoms with Gasteiger partial charge in [-0.1, -0.05) is 30.3 Å². The zero-order chi connectivity index (χ0) is 7.52. The zero-order valence-electron chi connectivity index (χ0n) is 6.40. The summed E-state index contributed by atoms with van der Waals surface area (Å²) >= 11 is 0. The van der Waals surface area contributed by atoms with Crippen molar-refractivity contribution < 1.29 is 0 Å². The van der Waals surface area contributed by atoms with Crippen molar-refractivity contribution in [2.75, 3.05) is 0 Å². The molecule has 2 rings (SSSR count). The maximum atomic E-state index is 4.38. The van der Waals surface area contributed by atoms with E-state index in [9.17, 15) is 0 Å². The highest BCUT2D eigenvalue weighted by Gasteiger charge is 2.18. The van der Waals surface area contributed by atoms with Crippen LogP contribution in [0.25, 0.3) is 0 Å². The normalized spacial score (nSPS) is 17.5. The van der Waals surface area contributed by atoms with Crippen LogP contribution in [-0.2, 0) is 0 Å². The molecule has 0 radical (unpaired) electrons. The molecule has 0 aromatic heterocycles. The van der Waals surface area contributed by atoms with Crippen LogP contribution < -0.4 is 0 Å². The van der Waals surface area contributed by atoms with Crippen LogP contribution in [0.15, 0.2) is 35.3 Å². The first-order valence-electron chi connectivity index (χ1n) is 4.03. The van der Waals surface area contributed by atoms with Crippen molar-refractivity contribution in [3.05, 3.63) is 35.9 Å². The molecule has 0 atom stereocenters. The van der Waals surface area contributed by atoms with Gasteiger partial charge in [0.25, 0.3) is 0 Å². The van der Waals surface area contributed by atoms with E-state index in [4.69, 9.17) is 0 Å².